The van der Waals surface area contributed by atoms with E-state index < -0.39 is 0 Å². The van der Waals surface area contributed by atoms with E-state index in [4.69, 9.17) is 5.26 Å². The van der Waals surface area contributed by atoms with Crippen LogP contribution in [-0.2, 0) is 9.59 Å². The Balaban J connectivity index is 2.64. The van der Waals surface area contributed by atoms with Crippen LogP contribution in [0.15, 0.2) is 0 Å². The molecule has 0 aromatic rings. The lowest BCUT2D eigenvalue weighted by molar-refractivity contribution is -0.145. The lowest BCUT2D eigenvalue weighted by Crippen LogP contribution is -2.52. The van der Waals surface area contributed by atoms with Crippen LogP contribution in [0.5, 0.6) is 0 Å². The van der Waals surface area contributed by atoms with E-state index in [9.17, 15) is 9.59 Å². The average Bonchev–Trinajstić information content (AvgIpc) is 1.97. The van der Waals surface area contributed by atoms with Crippen molar-refractivity contribution in [1.29, 1.82) is 5.26 Å². The highest BCUT2D eigenvalue weighted by Gasteiger charge is 2.24. The minimum atomic E-state index is -0.331. The SMILES string of the molecule is N#CCN1C(=O)CNCC1=O. The zero-order valence-corrected chi connectivity index (χ0v) is 5.83. The second-order valence-corrected chi connectivity index (χ2v) is 2.14. The molecule has 0 bridgehead atoms. The van der Waals surface area contributed by atoms with Gasteiger partial charge in [0.2, 0.25) is 11.8 Å². The maximum Gasteiger partial charge on any atom is 0.244 e. The van der Waals surface area contributed by atoms with E-state index >= 15 is 0 Å². The topological polar surface area (TPSA) is 73.2 Å². The van der Waals surface area contributed by atoms with Crippen molar-refractivity contribution in [2.24, 2.45) is 0 Å². The van der Waals surface area contributed by atoms with Gasteiger partial charge in [-0.2, -0.15) is 5.26 Å². The fourth-order valence-electron chi connectivity index (χ4n) is 0.853. The summed E-state index contributed by atoms with van der Waals surface area (Å²) in [4.78, 5) is 22.7. The third kappa shape index (κ3) is 1.53. The van der Waals surface area contributed by atoms with Gasteiger partial charge in [0.1, 0.15) is 6.54 Å². The first-order chi connectivity index (χ1) is 5.25. The van der Waals surface area contributed by atoms with Crippen LogP contribution in [0.1, 0.15) is 0 Å². The molecule has 0 spiro atoms. The number of nitrogens with one attached hydrogen (secondary N) is 1. The van der Waals surface area contributed by atoms with Gasteiger partial charge in [-0.05, 0) is 0 Å². The van der Waals surface area contributed by atoms with Crippen LogP contribution in [-0.4, -0.2) is 36.3 Å². The number of nitrogens with zero attached hydrogens (tertiary/aromatic N) is 2. The van der Waals surface area contributed by atoms with Crippen LogP contribution in [0.2, 0.25) is 0 Å². The highest BCUT2D eigenvalue weighted by molar-refractivity contribution is 5.99. The van der Waals surface area contributed by atoms with Crippen molar-refractivity contribution < 1.29 is 9.59 Å². The molecule has 5 heteroatoms. The number of imide groups is 1. The normalized spacial score (nSPS) is 18.3. The number of rotatable bonds is 1. The van der Waals surface area contributed by atoms with Gasteiger partial charge in [-0.1, -0.05) is 0 Å². The van der Waals surface area contributed by atoms with Crippen molar-refractivity contribution in [2.45, 2.75) is 0 Å². The Morgan fingerprint density at radius 3 is 2.45 bits per heavy atom. The Labute approximate surface area is 63.6 Å². The molecule has 2 amide bonds. The van der Waals surface area contributed by atoms with Gasteiger partial charge in [-0.15, -0.1) is 0 Å². The maximum absolute atomic E-state index is 10.9. The molecule has 0 atom stereocenters. The average molecular weight is 153 g/mol. The molecule has 1 saturated heterocycles. The van der Waals surface area contributed by atoms with E-state index in [1.165, 1.54) is 0 Å². The Bertz CT molecular complexity index is 214. The summed E-state index contributed by atoms with van der Waals surface area (Å²) in [7, 11) is 0. The first-order valence-corrected chi connectivity index (χ1v) is 3.16. The molecule has 1 heterocycles. The molecule has 5 nitrogen and oxygen atoms in total. The van der Waals surface area contributed by atoms with Crippen LogP contribution >= 0.6 is 0 Å². The van der Waals surface area contributed by atoms with E-state index in [-0.39, 0.29) is 31.4 Å². The largest absolute Gasteiger partial charge is 0.300 e. The molecule has 1 N–H and O–H groups in total. The van der Waals surface area contributed by atoms with Gasteiger partial charge in [0.15, 0.2) is 0 Å². The summed E-state index contributed by atoms with van der Waals surface area (Å²) < 4.78 is 0. The molecule has 0 aromatic carbocycles. The number of nitriles is 1. The van der Waals surface area contributed by atoms with Gasteiger partial charge in [0.05, 0.1) is 19.2 Å². The van der Waals surface area contributed by atoms with E-state index in [2.05, 4.69) is 5.32 Å². The van der Waals surface area contributed by atoms with Crippen molar-refractivity contribution in [3.63, 3.8) is 0 Å². The van der Waals surface area contributed by atoms with Crippen molar-refractivity contribution in [1.82, 2.24) is 10.2 Å². The van der Waals surface area contributed by atoms with Crippen molar-refractivity contribution >= 4 is 11.8 Å². The number of carbonyl (C=O) groups is 2. The zero-order chi connectivity index (χ0) is 8.27. The second-order valence-electron chi connectivity index (χ2n) is 2.14. The van der Waals surface area contributed by atoms with Crippen molar-refractivity contribution in [2.75, 3.05) is 19.6 Å². The van der Waals surface area contributed by atoms with Crippen LogP contribution < -0.4 is 5.32 Å². The zero-order valence-electron chi connectivity index (χ0n) is 5.83. The fourth-order valence-corrected chi connectivity index (χ4v) is 0.853. The number of hydrogen-bond acceptors (Lipinski definition) is 4. The predicted molar refractivity (Wildman–Crippen MR) is 35.2 cm³/mol. The predicted octanol–water partition coefficient (Wildman–Crippen LogP) is -1.53. The molecular formula is C6H7N3O2. The number of piperazine rings is 1. The Morgan fingerprint density at radius 2 is 2.00 bits per heavy atom. The van der Waals surface area contributed by atoms with E-state index in [1.54, 1.807) is 6.07 Å². The monoisotopic (exact) mass is 153 g/mol. The minimum Gasteiger partial charge on any atom is -0.300 e. The third-order valence-electron chi connectivity index (χ3n) is 1.38. The number of carbonyl (C=O) groups excluding carboxylic acids is 2. The molecule has 58 valence electrons. The van der Waals surface area contributed by atoms with Crippen LogP contribution in [0, 0.1) is 11.3 Å². The lowest BCUT2D eigenvalue weighted by atomic mass is 10.3. The molecule has 1 rings (SSSR count). The molecule has 0 saturated carbocycles. The quantitative estimate of drug-likeness (QED) is 0.366. The van der Waals surface area contributed by atoms with Gasteiger partial charge in [0.25, 0.3) is 0 Å². The van der Waals surface area contributed by atoms with Gasteiger partial charge >= 0.3 is 0 Å². The summed E-state index contributed by atoms with van der Waals surface area (Å²) in [5, 5.41) is 10.9. The maximum atomic E-state index is 10.9. The minimum absolute atomic E-state index is 0.140. The summed E-state index contributed by atoms with van der Waals surface area (Å²) in [5.41, 5.74) is 0. The molecule has 0 unspecified atom stereocenters. The van der Waals surface area contributed by atoms with E-state index in [1.807, 2.05) is 0 Å². The Kier molecular flexibility index (Phi) is 2.18. The van der Waals surface area contributed by atoms with Crippen LogP contribution in [0.3, 0.4) is 0 Å². The first kappa shape index (κ1) is 7.69. The molecule has 11 heavy (non-hydrogen) atoms. The van der Waals surface area contributed by atoms with E-state index in [0.717, 1.165) is 4.90 Å². The van der Waals surface area contributed by atoms with E-state index in [0.29, 0.717) is 0 Å². The number of hydrogen-bond donors (Lipinski definition) is 1. The summed E-state index contributed by atoms with van der Waals surface area (Å²) in [6, 6.07) is 1.75. The van der Waals surface area contributed by atoms with Crippen LogP contribution in [0.4, 0.5) is 0 Å². The molecule has 0 aromatic heterocycles. The molecule has 0 aliphatic carbocycles. The van der Waals surface area contributed by atoms with Crippen molar-refractivity contribution in [3.05, 3.63) is 0 Å². The highest BCUT2D eigenvalue weighted by Crippen LogP contribution is 1.94. The summed E-state index contributed by atoms with van der Waals surface area (Å²) in [5.74, 6) is -0.661. The third-order valence-corrected chi connectivity index (χ3v) is 1.38. The van der Waals surface area contributed by atoms with Crippen molar-refractivity contribution in [3.8, 4) is 6.07 Å². The number of amides is 2. The standard InChI is InChI=1S/C6H7N3O2/c7-1-2-9-5(10)3-8-4-6(9)11/h8H,2-4H2. The lowest BCUT2D eigenvalue weighted by Gasteiger charge is -2.22. The highest BCUT2D eigenvalue weighted by atomic mass is 16.2. The summed E-state index contributed by atoms with van der Waals surface area (Å²) in [6.45, 7) is 0.153. The van der Waals surface area contributed by atoms with Crippen LogP contribution in [0.25, 0.3) is 0 Å². The Hall–Kier alpha value is -1.41. The summed E-state index contributed by atoms with van der Waals surface area (Å²) >= 11 is 0. The van der Waals surface area contributed by atoms with Gasteiger partial charge in [-0.3, -0.25) is 19.8 Å². The van der Waals surface area contributed by atoms with Gasteiger partial charge < -0.3 is 0 Å². The molecule has 1 fully saturated rings. The van der Waals surface area contributed by atoms with Gasteiger partial charge in [0, 0.05) is 0 Å². The smallest absolute Gasteiger partial charge is 0.244 e. The Morgan fingerprint density at radius 1 is 1.45 bits per heavy atom. The second kappa shape index (κ2) is 3.12. The molecule has 0 radical (unpaired) electrons. The first-order valence-electron chi connectivity index (χ1n) is 3.16. The molecular weight excluding hydrogens is 146 g/mol. The van der Waals surface area contributed by atoms with Gasteiger partial charge in [-0.25, -0.2) is 0 Å². The summed E-state index contributed by atoms with van der Waals surface area (Å²) in [6.07, 6.45) is 0. The molecule has 1 aliphatic heterocycles. The molecule has 1 aliphatic rings. The fraction of sp³-hybridized carbons (Fsp3) is 0.500.